The number of hydrogen-bond acceptors (Lipinski definition) is 3. The van der Waals surface area contributed by atoms with E-state index in [1.54, 1.807) is 6.08 Å². The van der Waals surface area contributed by atoms with Crippen molar-refractivity contribution in [2.24, 2.45) is 5.92 Å². The van der Waals surface area contributed by atoms with Gasteiger partial charge in [0.15, 0.2) is 11.6 Å². The van der Waals surface area contributed by atoms with Crippen LogP contribution in [0.3, 0.4) is 0 Å². The molecule has 0 aromatic rings. The van der Waals surface area contributed by atoms with E-state index in [9.17, 15) is 4.79 Å². The number of ether oxygens (including phenoxy) is 2. The highest BCUT2D eigenvalue weighted by atomic mass is 16.7. The van der Waals surface area contributed by atoms with Crippen LogP contribution < -0.4 is 0 Å². The maximum atomic E-state index is 11.9. The molecule has 124 valence electrons. The number of ketones is 1. The van der Waals surface area contributed by atoms with Gasteiger partial charge < -0.3 is 9.47 Å². The summed E-state index contributed by atoms with van der Waals surface area (Å²) in [7, 11) is 0. The van der Waals surface area contributed by atoms with Crippen LogP contribution in [0.25, 0.3) is 0 Å². The number of rotatable bonds is 5. The molecule has 2 atom stereocenters. The number of carbonyl (C=O) groups excluding carboxylic acids is 1. The van der Waals surface area contributed by atoms with Gasteiger partial charge in [0.1, 0.15) is 0 Å². The third kappa shape index (κ3) is 3.41. The van der Waals surface area contributed by atoms with Crippen LogP contribution in [0.2, 0.25) is 0 Å². The monoisotopic (exact) mass is 314 g/mol. The summed E-state index contributed by atoms with van der Waals surface area (Å²) < 4.78 is 11.7. The van der Waals surface area contributed by atoms with E-state index in [-0.39, 0.29) is 11.4 Å². The maximum absolute atomic E-state index is 11.9. The summed E-state index contributed by atoms with van der Waals surface area (Å²) in [6.07, 6.45) is 12.8. The zero-order chi connectivity index (χ0) is 16.7. The molecule has 3 heteroatoms. The van der Waals surface area contributed by atoms with Gasteiger partial charge in [0, 0.05) is 5.57 Å². The lowest BCUT2D eigenvalue weighted by Gasteiger charge is -2.26. The highest BCUT2D eigenvalue weighted by Crippen LogP contribution is 2.38. The van der Waals surface area contributed by atoms with Crippen molar-refractivity contribution in [2.75, 3.05) is 6.61 Å². The minimum absolute atomic E-state index is 0.118. The van der Waals surface area contributed by atoms with E-state index in [2.05, 4.69) is 26.0 Å². The molecular formula is C20H26O3. The van der Waals surface area contributed by atoms with Crippen LogP contribution in [0.1, 0.15) is 47.0 Å². The molecule has 3 aliphatic rings. The molecule has 0 N–H and O–H groups in total. The zero-order valence-corrected chi connectivity index (χ0v) is 14.5. The fourth-order valence-electron chi connectivity index (χ4n) is 3.70. The Morgan fingerprint density at radius 1 is 1.17 bits per heavy atom. The minimum Gasteiger partial charge on any atom is -0.348 e. The van der Waals surface area contributed by atoms with Gasteiger partial charge in [-0.05, 0) is 63.2 Å². The van der Waals surface area contributed by atoms with Gasteiger partial charge in [-0.1, -0.05) is 31.2 Å². The van der Waals surface area contributed by atoms with Crippen molar-refractivity contribution >= 4 is 5.78 Å². The van der Waals surface area contributed by atoms with E-state index < -0.39 is 5.79 Å². The number of allylic oxidation sites excluding steroid dienone is 8. The second-order valence-corrected chi connectivity index (χ2v) is 7.54. The minimum atomic E-state index is -0.466. The Labute approximate surface area is 138 Å². The average Bonchev–Trinajstić information content (AvgIpc) is 3.01. The quantitative estimate of drug-likeness (QED) is 0.760. The Hall–Kier alpha value is -1.45. The van der Waals surface area contributed by atoms with Crippen molar-refractivity contribution in [1.82, 2.24) is 0 Å². The summed E-state index contributed by atoms with van der Waals surface area (Å²) in [6, 6.07) is 0. The van der Waals surface area contributed by atoms with Crippen LogP contribution in [-0.2, 0) is 14.3 Å². The molecule has 0 bridgehead atoms. The summed E-state index contributed by atoms with van der Waals surface area (Å²) in [5, 5.41) is 0. The molecule has 1 aliphatic heterocycles. The average molecular weight is 314 g/mol. The number of carbonyl (C=O) groups is 1. The van der Waals surface area contributed by atoms with Crippen LogP contribution in [0.15, 0.2) is 47.1 Å². The highest BCUT2D eigenvalue weighted by Gasteiger charge is 2.41. The SMILES string of the molecule is CC(CCCC1(C)COC(C)(C)O1)C1=CC=C2C(=O)C=CC=C21. The smallest absolute Gasteiger partial charge is 0.186 e. The second kappa shape index (κ2) is 5.88. The lowest BCUT2D eigenvalue weighted by molar-refractivity contribution is -0.158. The highest BCUT2D eigenvalue weighted by molar-refractivity contribution is 6.10. The molecule has 1 heterocycles. The number of hydrogen-bond donors (Lipinski definition) is 0. The Morgan fingerprint density at radius 3 is 2.65 bits per heavy atom. The molecule has 0 radical (unpaired) electrons. The van der Waals surface area contributed by atoms with Crippen LogP contribution in [0, 0.1) is 5.92 Å². The van der Waals surface area contributed by atoms with E-state index in [0.717, 1.165) is 30.4 Å². The van der Waals surface area contributed by atoms with Gasteiger partial charge in [-0.15, -0.1) is 0 Å². The standard InChI is InChI=1S/C20H26O3/c1-14(7-6-12-20(4)13-22-19(2,3)23-20)15-10-11-17-16(15)8-5-9-18(17)21/h5,8-11,14H,6-7,12-13H2,1-4H3. The van der Waals surface area contributed by atoms with Crippen LogP contribution in [0.4, 0.5) is 0 Å². The normalized spacial score (nSPS) is 29.9. The Bertz CT molecular complexity index is 633. The molecule has 23 heavy (non-hydrogen) atoms. The van der Waals surface area contributed by atoms with Crippen LogP contribution in [0.5, 0.6) is 0 Å². The van der Waals surface area contributed by atoms with Gasteiger partial charge in [0.2, 0.25) is 0 Å². The van der Waals surface area contributed by atoms with E-state index in [1.807, 2.05) is 26.0 Å². The predicted octanol–water partition coefficient (Wildman–Crippen LogP) is 4.27. The topological polar surface area (TPSA) is 35.5 Å². The lowest BCUT2D eigenvalue weighted by atomic mass is 9.85. The van der Waals surface area contributed by atoms with Crippen molar-refractivity contribution in [2.45, 2.75) is 58.3 Å². The fraction of sp³-hybridized carbons (Fsp3) is 0.550. The van der Waals surface area contributed by atoms with Gasteiger partial charge in [-0.3, -0.25) is 4.79 Å². The lowest BCUT2D eigenvalue weighted by Crippen LogP contribution is -2.30. The summed E-state index contributed by atoms with van der Waals surface area (Å²) >= 11 is 0. The first kappa shape index (κ1) is 16.4. The molecule has 3 rings (SSSR count). The summed E-state index contributed by atoms with van der Waals surface area (Å²) in [4.78, 5) is 11.9. The first-order valence-corrected chi connectivity index (χ1v) is 8.49. The predicted molar refractivity (Wildman–Crippen MR) is 90.9 cm³/mol. The number of fused-ring (bicyclic) bond motifs is 1. The molecule has 3 nitrogen and oxygen atoms in total. The Morgan fingerprint density at radius 2 is 1.96 bits per heavy atom. The first-order valence-electron chi connectivity index (χ1n) is 8.49. The van der Waals surface area contributed by atoms with Crippen molar-refractivity contribution < 1.29 is 14.3 Å². The van der Waals surface area contributed by atoms with E-state index in [1.165, 1.54) is 5.57 Å². The summed E-state index contributed by atoms with van der Waals surface area (Å²) in [6.45, 7) is 8.97. The van der Waals surface area contributed by atoms with Gasteiger partial charge in [0.25, 0.3) is 0 Å². The molecular weight excluding hydrogens is 288 g/mol. The second-order valence-electron chi connectivity index (χ2n) is 7.54. The molecule has 0 spiro atoms. The Balaban J connectivity index is 1.53. The third-order valence-electron chi connectivity index (χ3n) is 4.90. The van der Waals surface area contributed by atoms with Gasteiger partial charge in [-0.2, -0.15) is 0 Å². The molecule has 1 fully saturated rings. The van der Waals surface area contributed by atoms with Crippen molar-refractivity contribution in [3.05, 3.63) is 47.1 Å². The van der Waals surface area contributed by atoms with Crippen LogP contribution >= 0.6 is 0 Å². The van der Waals surface area contributed by atoms with Crippen molar-refractivity contribution in [3.8, 4) is 0 Å². The van der Waals surface area contributed by atoms with Gasteiger partial charge in [0.05, 0.1) is 12.2 Å². The van der Waals surface area contributed by atoms with E-state index in [0.29, 0.717) is 12.5 Å². The molecule has 2 aliphatic carbocycles. The molecule has 1 saturated heterocycles. The van der Waals surface area contributed by atoms with Gasteiger partial charge >= 0.3 is 0 Å². The van der Waals surface area contributed by atoms with Gasteiger partial charge in [-0.25, -0.2) is 0 Å². The Kier molecular flexibility index (Phi) is 4.19. The zero-order valence-electron chi connectivity index (χ0n) is 14.5. The van der Waals surface area contributed by atoms with Crippen molar-refractivity contribution in [3.63, 3.8) is 0 Å². The molecule has 0 saturated carbocycles. The largest absolute Gasteiger partial charge is 0.348 e. The first-order chi connectivity index (χ1) is 10.8. The molecule has 2 unspecified atom stereocenters. The maximum Gasteiger partial charge on any atom is 0.186 e. The van der Waals surface area contributed by atoms with Crippen LogP contribution in [-0.4, -0.2) is 23.8 Å². The van der Waals surface area contributed by atoms with E-state index >= 15 is 0 Å². The fourth-order valence-corrected chi connectivity index (χ4v) is 3.70. The van der Waals surface area contributed by atoms with Crippen molar-refractivity contribution in [1.29, 1.82) is 0 Å². The molecule has 0 aromatic carbocycles. The summed E-state index contributed by atoms with van der Waals surface area (Å²) in [5.41, 5.74) is 3.06. The summed E-state index contributed by atoms with van der Waals surface area (Å²) in [5.74, 6) is 0.0904. The third-order valence-corrected chi connectivity index (χ3v) is 4.90. The molecule has 0 amide bonds. The molecule has 0 aromatic heterocycles. The van der Waals surface area contributed by atoms with E-state index in [4.69, 9.17) is 9.47 Å².